The topological polar surface area (TPSA) is 0 Å². The largest absolute Gasteiger partial charge is 0.134 e. The lowest BCUT2D eigenvalue weighted by atomic mass is 10.2. The highest BCUT2D eigenvalue weighted by Crippen LogP contribution is 2.10. The number of hydrogen-bond acceptors (Lipinski definition) is 1. The molecular weight excluding hydrogens is 200 g/mol. The number of rotatable bonds is 11. The van der Waals surface area contributed by atoms with Crippen molar-refractivity contribution in [3.8, 4) is 0 Å². The summed E-state index contributed by atoms with van der Waals surface area (Å²) in [6.45, 7) is 4.53. The van der Waals surface area contributed by atoms with Gasteiger partial charge in [0.05, 0.1) is 0 Å². The molecule has 0 nitrogen and oxygen atoms in total. The van der Waals surface area contributed by atoms with Crippen molar-refractivity contribution < 1.29 is 0 Å². The van der Waals surface area contributed by atoms with Crippen LogP contribution < -0.4 is 0 Å². The molecule has 0 aliphatic carbocycles. The van der Waals surface area contributed by atoms with Crippen molar-refractivity contribution in [3.05, 3.63) is 11.5 Å². The fourth-order valence-corrected chi connectivity index (χ4v) is 2.28. The van der Waals surface area contributed by atoms with E-state index in [-0.39, 0.29) is 0 Å². The summed E-state index contributed by atoms with van der Waals surface area (Å²) in [7, 11) is 0. The van der Waals surface area contributed by atoms with Crippen molar-refractivity contribution in [1.29, 1.82) is 0 Å². The van der Waals surface area contributed by atoms with Gasteiger partial charge in [0, 0.05) is 0 Å². The summed E-state index contributed by atoms with van der Waals surface area (Å²) in [6.07, 6.45) is 14.7. The van der Waals surface area contributed by atoms with Gasteiger partial charge in [-0.2, -0.15) is 0 Å². The van der Waals surface area contributed by atoms with E-state index in [2.05, 4.69) is 25.3 Å². The molecule has 0 radical (unpaired) electrons. The number of unbranched alkanes of at least 4 members (excludes halogenated alkanes) is 7. The average Bonchev–Trinajstić information content (AvgIpc) is 2.26. The van der Waals surface area contributed by atoms with Crippen molar-refractivity contribution in [2.75, 3.05) is 5.75 Å². The molecule has 0 heterocycles. The van der Waals surface area contributed by atoms with Crippen LogP contribution in [0.25, 0.3) is 0 Å². The van der Waals surface area contributed by atoms with Gasteiger partial charge in [-0.15, -0.1) is 11.8 Å². The van der Waals surface area contributed by atoms with Crippen LogP contribution in [-0.4, -0.2) is 5.75 Å². The summed E-state index contributed by atoms with van der Waals surface area (Å²) in [5.74, 6) is 1.31. The molecule has 15 heavy (non-hydrogen) atoms. The van der Waals surface area contributed by atoms with Gasteiger partial charge in [0.1, 0.15) is 0 Å². The molecule has 0 bridgehead atoms. The Bertz CT molecular complexity index is 129. The molecule has 0 aromatic carbocycles. The molecule has 0 saturated carbocycles. The molecule has 0 aromatic heterocycles. The maximum atomic E-state index is 2.35. The lowest BCUT2D eigenvalue weighted by Crippen LogP contribution is -1.78. The van der Waals surface area contributed by atoms with Crippen LogP contribution in [0, 0.1) is 0 Å². The predicted molar refractivity (Wildman–Crippen MR) is 74.5 cm³/mol. The molecule has 1 heteroatoms. The Labute approximate surface area is 101 Å². The van der Waals surface area contributed by atoms with Crippen molar-refractivity contribution in [2.45, 2.75) is 71.6 Å². The first kappa shape index (κ1) is 15.1. The first-order valence-corrected chi connectivity index (χ1v) is 7.73. The highest BCUT2D eigenvalue weighted by molar-refractivity contribution is 8.02. The molecule has 90 valence electrons. The van der Waals surface area contributed by atoms with Gasteiger partial charge in [0.25, 0.3) is 0 Å². The number of thioether (sulfide) groups is 1. The van der Waals surface area contributed by atoms with Gasteiger partial charge in [-0.05, 0) is 30.4 Å². The highest BCUT2D eigenvalue weighted by atomic mass is 32.2. The molecule has 0 spiro atoms. The van der Waals surface area contributed by atoms with Gasteiger partial charge in [-0.3, -0.25) is 0 Å². The van der Waals surface area contributed by atoms with E-state index >= 15 is 0 Å². The minimum absolute atomic E-state index is 1.28. The SMILES string of the molecule is CCCCCC/C=C/SCCCCCC. The quantitative estimate of drug-likeness (QED) is 0.404. The van der Waals surface area contributed by atoms with Crippen LogP contribution in [0.3, 0.4) is 0 Å². The van der Waals surface area contributed by atoms with E-state index in [0.29, 0.717) is 0 Å². The summed E-state index contributed by atoms with van der Waals surface area (Å²) in [6, 6.07) is 0. The van der Waals surface area contributed by atoms with E-state index in [1.807, 2.05) is 11.8 Å². The zero-order valence-corrected chi connectivity index (χ0v) is 11.5. The van der Waals surface area contributed by atoms with Crippen LogP contribution in [0.15, 0.2) is 11.5 Å². The molecule has 0 aliphatic rings. The highest BCUT2D eigenvalue weighted by Gasteiger charge is 1.87. The Hall–Kier alpha value is 0.0900. The second-order valence-corrected chi connectivity index (χ2v) is 5.17. The summed E-state index contributed by atoms with van der Waals surface area (Å²) >= 11 is 1.99. The minimum atomic E-state index is 1.28. The molecule has 0 amide bonds. The standard InChI is InChI=1S/C14H28S/c1-3-5-7-9-10-12-14-15-13-11-8-6-4-2/h12,14H,3-11,13H2,1-2H3/b14-12+. The van der Waals surface area contributed by atoms with E-state index in [1.165, 1.54) is 63.5 Å². The molecule has 0 unspecified atom stereocenters. The second kappa shape index (κ2) is 14.1. The molecule has 0 N–H and O–H groups in total. The van der Waals surface area contributed by atoms with E-state index in [4.69, 9.17) is 0 Å². The van der Waals surface area contributed by atoms with Gasteiger partial charge >= 0.3 is 0 Å². The van der Waals surface area contributed by atoms with Gasteiger partial charge in [0.2, 0.25) is 0 Å². The lowest BCUT2D eigenvalue weighted by Gasteiger charge is -1.96. The Morgan fingerprint density at radius 1 is 0.800 bits per heavy atom. The van der Waals surface area contributed by atoms with Gasteiger partial charge in [0.15, 0.2) is 0 Å². The molecule has 0 saturated heterocycles. The van der Waals surface area contributed by atoms with Crippen LogP contribution >= 0.6 is 11.8 Å². The Morgan fingerprint density at radius 3 is 2.13 bits per heavy atom. The third-order valence-electron chi connectivity index (χ3n) is 2.53. The Balaban J connectivity index is 2.97. The lowest BCUT2D eigenvalue weighted by molar-refractivity contribution is 0.675. The molecule has 0 rings (SSSR count). The molecule has 0 atom stereocenters. The predicted octanol–water partition coefficient (Wildman–Crippen LogP) is 5.78. The van der Waals surface area contributed by atoms with Crippen molar-refractivity contribution in [2.24, 2.45) is 0 Å². The zero-order chi connectivity index (χ0) is 11.2. The Morgan fingerprint density at radius 2 is 1.47 bits per heavy atom. The molecule has 0 fully saturated rings. The second-order valence-electron chi connectivity index (χ2n) is 4.15. The summed E-state index contributed by atoms with van der Waals surface area (Å²) in [4.78, 5) is 0. The van der Waals surface area contributed by atoms with Crippen molar-refractivity contribution >= 4 is 11.8 Å². The minimum Gasteiger partial charge on any atom is -0.134 e. The van der Waals surface area contributed by atoms with Crippen LogP contribution in [0.4, 0.5) is 0 Å². The fourth-order valence-electron chi connectivity index (χ4n) is 1.51. The summed E-state index contributed by atoms with van der Waals surface area (Å²) < 4.78 is 0. The Kier molecular flexibility index (Phi) is 14.2. The van der Waals surface area contributed by atoms with E-state index in [0.717, 1.165) is 0 Å². The molecule has 0 aliphatic heterocycles. The third kappa shape index (κ3) is 14.1. The average molecular weight is 228 g/mol. The summed E-state index contributed by atoms with van der Waals surface area (Å²) in [5, 5.41) is 2.30. The fraction of sp³-hybridized carbons (Fsp3) is 0.857. The number of hydrogen-bond donors (Lipinski definition) is 0. The maximum absolute atomic E-state index is 2.35. The zero-order valence-electron chi connectivity index (χ0n) is 10.6. The van der Waals surface area contributed by atoms with Crippen molar-refractivity contribution in [3.63, 3.8) is 0 Å². The number of allylic oxidation sites excluding steroid dienone is 1. The van der Waals surface area contributed by atoms with E-state index in [9.17, 15) is 0 Å². The van der Waals surface area contributed by atoms with E-state index < -0.39 is 0 Å². The molecule has 0 aromatic rings. The van der Waals surface area contributed by atoms with Gasteiger partial charge < -0.3 is 0 Å². The van der Waals surface area contributed by atoms with Crippen LogP contribution in [-0.2, 0) is 0 Å². The van der Waals surface area contributed by atoms with E-state index in [1.54, 1.807) is 0 Å². The normalized spacial score (nSPS) is 11.3. The van der Waals surface area contributed by atoms with Gasteiger partial charge in [-0.25, -0.2) is 0 Å². The van der Waals surface area contributed by atoms with Crippen LogP contribution in [0.2, 0.25) is 0 Å². The van der Waals surface area contributed by atoms with Gasteiger partial charge in [-0.1, -0.05) is 58.4 Å². The third-order valence-corrected chi connectivity index (χ3v) is 3.44. The first-order valence-electron chi connectivity index (χ1n) is 6.68. The maximum Gasteiger partial charge on any atom is -0.00261 e. The monoisotopic (exact) mass is 228 g/mol. The molecular formula is C14H28S. The van der Waals surface area contributed by atoms with Crippen molar-refractivity contribution in [1.82, 2.24) is 0 Å². The first-order chi connectivity index (χ1) is 7.41. The van der Waals surface area contributed by atoms with Crippen LogP contribution in [0.5, 0.6) is 0 Å². The smallest absolute Gasteiger partial charge is 0.00261 e. The summed E-state index contributed by atoms with van der Waals surface area (Å²) in [5.41, 5.74) is 0. The van der Waals surface area contributed by atoms with Crippen LogP contribution in [0.1, 0.15) is 71.6 Å².